The molecular formula is C12H11N3O. The van der Waals surface area contributed by atoms with Crippen molar-refractivity contribution in [2.45, 2.75) is 6.92 Å². The summed E-state index contributed by atoms with van der Waals surface area (Å²) in [5.74, 6) is 0. The standard InChI is InChI=1S/C12H11N3O/c1-7-10-11(14-15(2)12(10)16)8-5-3-4-6-9(8)13-7/h3-6,14H,1-2H3. The largest absolute Gasteiger partial charge is 0.294 e. The van der Waals surface area contributed by atoms with Crippen LogP contribution in [0.3, 0.4) is 0 Å². The molecule has 3 aromatic rings. The third kappa shape index (κ3) is 1.04. The number of pyridine rings is 1. The van der Waals surface area contributed by atoms with Crippen molar-refractivity contribution in [3.63, 3.8) is 0 Å². The Kier molecular flexibility index (Phi) is 1.68. The van der Waals surface area contributed by atoms with E-state index in [1.165, 1.54) is 4.68 Å². The highest BCUT2D eigenvalue weighted by Crippen LogP contribution is 2.21. The fraction of sp³-hybridized carbons (Fsp3) is 0.167. The number of hydrogen-bond donors (Lipinski definition) is 1. The molecule has 0 aliphatic carbocycles. The second kappa shape index (κ2) is 2.95. The fourth-order valence-corrected chi connectivity index (χ4v) is 2.10. The molecule has 3 rings (SSSR count). The van der Waals surface area contributed by atoms with Crippen molar-refractivity contribution in [2.75, 3.05) is 0 Å². The lowest BCUT2D eigenvalue weighted by Gasteiger charge is -2.00. The molecule has 0 saturated heterocycles. The third-order valence-electron chi connectivity index (χ3n) is 2.87. The summed E-state index contributed by atoms with van der Waals surface area (Å²) < 4.78 is 1.49. The number of aryl methyl sites for hydroxylation is 2. The smallest absolute Gasteiger partial charge is 0.275 e. The number of benzene rings is 1. The topological polar surface area (TPSA) is 50.7 Å². The highest BCUT2D eigenvalue weighted by atomic mass is 16.1. The number of H-pyrrole nitrogens is 1. The van der Waals surface area contributed by atoms with Gasteiger partial charge in [0.15, 0.2) is 0 Å². The number of hydrogen-bond acceptors (Lipinski definition) is 2. The van der Waals surface area contributed by atoms with E-state index in [1.54, 1.807) is 7.05 Å². The van der Waals surface area contributed by atoms with E-state index in [0.717, 1.165) is 22.1 Å². The lowest BCUT2D eigenvalue weighted by atomic mass is 10.1. The summed E-state index contributed by atoms with van der Waals surface area (Å²) in [4.78, 5) is 16.3. The van der Waals surface area contributed by atoms with Crippen LogP contribution in [0.5, 0.6) is 0 Å². The first-order valence-corrected chi connectivity index (χ1v) is 5.12. The van der Waals surface area contributed by atoms with Gasteiger partial charge in [-0.1, -0.05) is 18.2 Å². The van der Waals surface area contributed by atoms with Crippen LogP contribution in [-0.4, -0.2) is 14.8 Å². The van der Waals surface area contributed by atoms with Crippen LogP contribution in [0.1, 0.15) is 5.69 Å². The van der Waals surface area contributed by atoms with E-state index in [1.807, 2.05) is 31.2 Å². The van der Waals surface area contributed by atoms with Crippen molar-refractivity contribution in [3.8, 4) is 0 Å². The Morgan fingerprint density at radius 3 is 2.88 bits per heavy atom. The van der Waals surface area contributed by atoms with Gasteiger partial charge in [-0.2, -0.15) is 0 Å². The van der Waals surface area contributed by atoms with E-state index in [0.29, 0.717) is 5.39 Å². The zero-order valence-electron chi connectivity index (χ0n) is 9.11. The van der Waals surface area contributed by atoms with Gasteiger partial charge in [-0.15, -0.1) is 0 Å². The van der Waals surface area contributed by atoms with Crippen LogP contribution in [-0.2, 0) is 7.05 Å². The molecule has 0 radical (unpaired) electrons. The van der Waals surface area contributed by atoms with Gasteiger partial charge in [0.1, 0.15) is 0 Å². The zero-order valence-corrected chi connectivity index (χ0v) is 9.11. The van der Waals surface area contributed by atoms with Crippen molar-refractivity contribution in [1.29, 1.82) is 0 Å². The molecule has 0 bridgehead atoms. The average molecular weight is 213 g/mol. The van der Waals surface area contributed by atoms with E-state index in [2.05, 4.69) is 10.1 Å². The van der Waals surface area contributed by atoms with E-state index in [-0.39, 0.29) is 5.56 Å². The quantitative estimate of drug-likeness (QED) is 0.618. The summed E-state index contributed by atoms with van der Waals surface area (Å²) in [6.07, 6.45) is 0. The van der Waals surface area contributed by atoms with Crippen molar-refractivity contribution >= 4 is 21.8 Å². The molecule has 1 N–H and O–H groups in total. The molecule has 0 aliphatic rings. The van der Waals surface area contributed by atoms with Crippen molar-refractivity contribution in [2.24, 2.45) is 7.05 Å². The second-order valence-electron chi connectivity index (χ2n) is 3.94. The van der Waals surface area contributed by atoms with Crippen LogP contribution < -0.4 is 5.56 Å². The number of aromatic amines is 1. The summed E-state index contributed by atoms with van der Waals surface area (Å²) in [5, 5.41) is 4.74. The first kappa shape index (κ1) is 9.15. The highest BCUT2D eigenvalue weighted by molar-refractivity contribution is 6.03. The molecule has 0 aliphatic heterocycles. The van der Waals surface area contributed by atoms with E-state index in [9.17, 15) is 4.79 Å². The number of rotatable bonds is 0. The summed E-state index contributed by atoms with van der Waals surface area (Å²) in [5.41, 5.74) is 2.53. The maximum absolute atomic E-state index is 11.9. The van der Waals surface area contributed by atoms with Gasteiger partial charge in [0.25, 0.3) is 5.56 Å². The maximum atomic E-state index is 11.9. The number of nitrogens with zero attached hydrogens (tertiary/aromatic N) is 2. The molecule has 0 unspecified atom stereocenters. The molecule has 16 heavy (non-hydrogen) atoms. The van der Waals surface area contributed by atoms with Gasteiger partial charge in [-0.05, 0) is 13.0 Å². The Labute approximate surface area is 91.5 Å². The molecule has 4 heteroatoms. The second-order valence-corrected chi connectivity index (χ2v) is 3.94. The third-order valence-corrected chi connectivity index (χ3v) is 2.87. The minimum atomic E-state index is -0.0225. The summed E-state index contributed by atoms with van der Waals surface area (Å²) in [6, 6.07) is 7.82. The molecular weight excluding hydrogens is 202 g/mol. The SMILES string of the molecule is Cc1nc2ccccc2c2[nH]n(C)c(=O)c12. The van der Waals surface area contributed by atoms with Crippen molar-refractivity contribution in [1.82, 2.24) is 14.8 Å². The Hall–Kier alpha value is -2.10. The molecule has 80 valence electrons. The normalized spacial score (nSPS) is 11.4. The van der Waals surface area contributed by atoms with Crippen molar-refractivity contribution < 1.29 is 0 Å². The zero-order chi connectivity index (χ0) is 11.3. The van der Waals surface area contributed by atoms with Gasteiger partial charge in [0, 0.05) is 12.4 Å². The van der Waals surface area contributed by atoms with Gasteiger partial charge in [-0.25, -0.2) is 0 Å². The van der Waals surface area contributed by atoms with Crippen LogP contribution in [0.2, 0.25) is 0 Å². The molecule has 0 amide bonds. The Morgan fingerprint density at radius 2 is 2.06 bits per heavy atom. The highest BCUT2D eigenvalue weighted by Gasteiger charge is 2.11. The van der Waals surface area contributed by atoms with Gasteiger partial charge < -0.3 is 0 Å². The number of para-hydroxylation sites is 1. The van der Waals surface area contributed by atoms with Gasteiger partial charge in [0.2, 0.25) is 0 Å². The summed E-state index contributed by atoms with van der Waals surface area (Å²) in [6.45, 7) is 1.87. The molecule has 0 atom stereocenters. The van der Waals surface area contributed by atoms with Crippen LogP contribution in [0.15, 0.2) is 29.1 Å². The van der Waals surface area contributed by atoms with Gasteiger partial charge in [-0.3, -0.25) is 19.6 Å². The maximum Gasteiger partial charge on any atom is 0.275 e. The Bertz CT molecular complexity index is 752. The lowest BCUT2D eigenvalue weighted by Crippen LogP contribution is -2.12. The van der Waals surface area contributed by atoms with Crippen molar-refractivity contribution in [3.05, 3.63) is 40.3 Å². The Balaban J connectivity index is 2.70. The number of fused-ring (bicyclic) bond motifs is 3. The molecule has 1 aromatic carbocycles. The summed E-state index contributed by atoms with van der Waals surface area (Å²) in [7, 11) is 1.72. The average Bonchev–Trinajstić information content (AvgIpc) is 2.57. The molecule has 0 spiro atoms. The Morgan fingerprint density at radius 1 is 1.31 bits per heavy atom. The van der Waals surface area contributed by atoms with Gasteiger partial charge >= 0.3 is 0 Å². The van der Waals surface area contributed by atoms with Crippen LogP contribution in [0, 0.1) is 6.92 Å². The monoisotopic (exact) mass is 213 g/mol. The van der Waals surface area contributed by atoms with Crippen LogP contribution in [0.25, 0.3) is 21.8 Å². The number of nitrogens with one attached hydrogen (secondary N) is 1. The predicted octanol–water partition coefficient (Wildman–Crippen LogP) is 1.72. The molecule has 0 fully saturated rings. The predicted molar refractivity (Wildman–Crippen MR) is 63.6 cm³/mol. The number of aromatic nitrogens is 3. The van der Waals surface area contributed by atoms with Crippen LogP contribution >= 0.6 is 0 Å². The minimum absolute atomic E-state index is 0.0225. The molecule has 0 saturated carbocycles. The first-order valence-electron chi connectivity index (χ1n) is 5.12. The lowest BCUT2D eigenvalue weighted by molar-refractivity contribution is 0.751. The summed E-state index contributed by atoms with van der Waals surface area (Å²) >= 11 is 0. The van der Waals surface area contributed by atoms with Crippen LogP contribution in [0.4, 0.5) is 0 Å². The van der Waals surface area contributed by atoms with E-state index in [4.69, 9.17) is 0 Å². The van der Waals surface area contributed by atoms with E-state index >= 15 is 0 Å². The molecule has 2 heterocycles. The fourth-order valence-electron chi connectivity index (χ4n) is 2.10. The van der Waals surface area contributed by atoms with Gasteiger partial charge in [0.05, 0.1) is 22.1 Å². The molecule has 4 nitrogen and oxygen atoms in total. The molecule has 2 aromatic heterocycles. The first-order chi connectivity index (χ1) is 7.68. The minimum Gasteiger partial charge on any atom is -0.294 e. The van der Waals surface area contributed by atoms with E-state index < -0.39 is 0 Å².